The van der Waals surface area contributed by atoms with Crippen LogP contribution in [0.1, 0.15) is 26.1 Å². The quantitative estimate of drug-likeness (QED) is 0.832. The molecule has 0 spiro atoms. The first-order valence-electron chi connectivity index (χ1n) is 7.26. The van der Waals surface area contributed by atoms with E-state index in [2.05, 4.69) is 28.3 Å². The average molecular weight is 267 g/mol. The molecule has 5 nitrogen and oxygen atoms in total. The predicted molar refractivity (Wildman–Crippen MR) is 74.1 cm³/mol. The van der Waals surface area contributed by atoms with Gasteiger partial charge in [-0.05, 0) is 13.0 Å². The highest BCUT2D eigenvalue weighted by Gasteiger charge is 2.27. The summed E-state index contributed by atoms with van der Waals surface area (Å²) >= 11 is 0. The Morgan fingerprint density at radius 2 is 2.37 bits per heavy atom. The monoisotopic (exact) mass is 267 g/mol. The van der Waals surface area contributed by atoms with Gasteiger partial charge in [0.25, 0.3) is 0 Å². The lowest BCUT2D eigenvalue weighted by Gasteiger charge is -2.34. The maximum absolute atomic E-state index is 10.3. The molecule has 2 heterocycles. The zero-order chi connectivity index (χ0) is 13.7. The molecule has 2 atom stereocenters. The smallest absolute Gasteiger partial charge is 0.111 e. The molecule has 0 aliphatic carbocycles. The molecule has 1 N–H and O–H groups in total. The molecule has 0 radical (unpaired) electrons. The van der Waals surface area contributed by atoms with Crippen molar-refractivity contribution in [2.24, 2.45) is 0 Å². The number of aliphatic hydroxyl groups is 1. The van der Waals surface area contributed by atoms with E-state index < -0.39 is 6.10 Å². The van der Waals surface area contributed by atoms with Crippen LogP contribution in [-0.4, -0.2) is 58.0 Å². The minimum Gasteiger partial charge on any atom is -0.390 e. The van der Waals surface area contributed by atoms with Crippen LogP contribution in [0, 0.1) is 0 Å². The number of ether oxygens (including phenoxy) is 1. The Balaban J connectivity index is 1.92. The summed E-state index contributed by atoms with van der Waals surface area (Å²) in [6.07, 6.45) is 4.84. The first kappa shape index (κ1) is 14.5. The SMILES string of the molecule is CCCn1ccnc1CC(O)C1CN(CC)CCO1. The van der Waals surface area contributed by atoms with E-state index in [0.717, 1.165) is 38.4 Å². The summed E-state index contributed by atoms with van der Waals surface area (Å²) < 4.78 is 7.81. The summed E-state index contributed by atoms with van der Waals surface area (Å²) in [4.78, 5) is 6.66. The van der Waals surface area contributed by atoms with Crippen molar-refractivity contribution in [1.82, 2.24) is 14.5 Å². The molecule has 2 rings (SSSR count). The Morgan fingerprint density at radius 1 is 1.53 bits per heavy atom. The average Bonchev–Trinajstić information content (AvgIpc) is 2.86. The van der Waals surface area contributed by atoms with E-state index >= 15 is 0 Å². The van der Waals surface area contributed by atoms with E-state index in [-0.39, 0.29) is 6.10 Å². The van der Waals surface area contributed by atoms with Gasteiger partial charge in [0, 0.05) is 38.4 Å². The molecule has 19 heavy (non-hydrogen) atoms. The van der Waals surface area contributed by atoms with Gasteiger partial charge in [0.1, 0.15) is 5.82 Å². The maximum Gasteiger partial charge on any atom is 0.111 e. The largest absolute Gasteiger partial charge is 0.390 e. The van der Waals surface area contributed by atoms with Crippen molar-refractivity contribution in [3.05, 3.63) is 18.2 Å². The number of morpholine rings is 1. The van der Waals surface area contributed by atoms with Crippen molar-refractivity contribution in [1.29, 1.82) is 0 Å². The van der Waals surface area contributed by atoms with Gasteiger partial charge in [0.15, 0.2) is 0 Å². The van der Waals surface area contributed by atoms with Gasteiger partial charge in [-0.3, -0.25) is 4.90 Å². The van der Waals surface area contributed by atoms with E-state index in [4.69, 9.17) is 4.74 Å². The Kier molecular flexibility index (Phi) is 5.36. The summed E-state index contributed by atoms with van der Waals surface area (Å²) in [5, 5.41) is 10.3. The molecular weight excluding hydrogens is 242 g/mol. The van der Waals surface area contributed by atoms with Crippen LogP contribution in [0.5, 0.6) is 0 Å². The number of nitrogens with zero attached hydrogens (tertiary/aromatic N) is 3. The summed E-state index contributed by atoms with van der Waals surface area (Å²) in [6.45, 7) is 8.73. The Labute approximate surface area is 115 Å². The Bertz CT molecular complexity index is 381. The van der Waals surface area contributed by atoms with Crippen molar-refractivity contribution < 1.29 is 9.84 Å². The van der Waals surface area contributed by atoms with Gasteiger partial charge >= 0.3 is 0 Å². The summed E-state index contributed by atoms with van der Waals surface area (Å²) in [5.74, 6) is 0.951. The zero-order valence-corrected chi connectivity index (χ0v) is 12.0. The first-order chi connectivity index (χ1) is 9.24. The number of imidazole rings is 1. The molecule has 0 amide bonds. The number of aryl methyl sites for hydroxylation is 1. The topological polar surface area (TPSA) is 50.5 Å². The molecule has 0 bridgehead atoms. The van der Waals surface area contributed by atoms with E-state index in [0.29, 0.717) is 13.0 Å². The number of aliphatic hydroxyl groups excluding tert-OH is 1. The summed E-state index contributed by atoms with van der Waals surface area (Å²) in [6, 6.07) is 0. The molecule has 2 unspecified atom stereocenters. The van der Waals surface area contributed by atoms with E-state index in [1.807, 2.05) is 6.20 Å². The van der Waals surface area contributed by atoms with Crippen LogP contribution < -0.4 is 0 Å². The summed E-state index contributed by atoms with van der Waals surface area (Å²) in [7, 11) is 0. The molecule has 1 aliphatic rings. The minimum atomic E-state index is -0.479. The van der Waals surface area contributed by atoms with Gasteiger partial charge in [-0.15, -0.1) is 0 Å². The molecule has 5 heteroatoms. The van der Waals surface area contributed by atoms with Crippen molar-refractivity contribution in [2.45, 2.75) is 45.4 Å². The third-order valence-electron chi connectivity index (χ3n) is 3.71. The van der Waals surface area contributed by atoms with Gasteiger partial charge < -0.3 is 14.4 Å². The third kappa shape index (κ3) is 3.78. The van der Waals surface area contributed by atoms with Crippen LogP contribution in [0.15, 0.2) is 12.4 Å². The van der Waals surface area contributed by atoms with E-state index in [1.165, 1.54) is 0 Å². The third-order valence-corrected chi connectivity index (χ3v) is 3.71. The van der Waals surface area contributed by atoms with E-state index in [9.17, 15) is 5.11 Å². The number of aromatic nitrogens is 2. The lowest BCUT2D eigenvalue weighted by molar-refractivity contribution is -0.0873. The van der Waals surface area contributed by atoms with Crippen LogP contribution in [0.4, 0.5) is 0 Å². The number of likely N-dealkylation sites (N-methyl/N-ethyl adjacent to an activating group) is 1. The van der Waals surface area contributed by atoms with Crippen LogP contribution >= 0.6 is 0 Å². The van der Waals surface area contributed by atoms with Gasteiger partial charge in [-0.2, -0.15) is 0 Å². The molecule has 108 valence electrons. The number of rotatable bonds is 6. The van der Waals surface area contributed by atoms with Gasteiger partial charge in [0.05, 0.1) is 18.8 Å². The fourth-order valence-electron chi connectivity index (χ4n) is 2.54. The lowest BCUT2D eigenvalue weighted by Crippen LogP contribution is -2.48. The van der Waals surface area contributed by atoms with Gasteiger partial charge in [-0.25, -0.2) is 4.98 Å². The van der Waals surface area contributed by atoms with Crippen LogP contribution in [0.25, 0.3) is 0 Å². The second-order valence-corrected chi connectivity index (χ2v) is 5.11. The van der Waals surface area contributed by atoms with Crippen molar-refractivity contribution in [3.63, 3.8) is 0 Å². The van der Waals surface area contributed by atoms with Crippen LogP contribution in [0.2, 0.25) is 0 Å². The first-order valence-corrected chi connectivity index (χ1v) is 7.26. The second-order valence-electron chi connectivity index (χ2n) is 5.11. The highest BCUT2D eigenvalue weighted by molar-refractivity contribution is 4.96. The molecule has 1 aromatic rings. The highest BCUT2D eigenvalue weighted by Crippen LogP contribution is 2.13. The van der Waals surface area contributed by atoms with Crippen molar-refractivity contribution >= 4 is 0 Å². The molecule has 1 aliphatic heterocycles. The van der Waals surface area contributed by atoms with Crippen LogP contribution in [-0.2, 0) is 17.7 Å². The van der Waals surface area contributed by atoms with Gasteiger partial charge in [-0.1, -0.05) is 13.8 Å². The molecule has 1 fully saturated rings. The number of hydrogen-bond acceptors (Lipinski definition) is 4. The maximum atomic E-state index is 10.3. The van der Waals surface area contributed by atoms with Crippen LogP contribution in [0.3, 0.4) is 0 Å². The highest BCUT2D eigenvalue weighted by atomic mass is 16.5. The normalized spacial score (nSPS) is 22.6. The Hall–Kier alpha value is -0.910. The predicted octanol–water partition coefficient (Wildman–Crippen LogP) is 0.917. The fraction of sp³-hybridized carbons (Fsp3) is 0.786. The molecular formula is C14H25N3O2. The molecule has 0 aromatic carbocycles. The molecule has 0 saturated carbocycles. The minimum absolute atomic E-state index is 0.0968. The standard InChI is InChI=1S/C14H25N3O2/c1-3-6-17-7-5-15-14(17)10-12(18)13-11-16(4-2)8-9-19-13/h5,7,12-13,18H,3-4,6,8-11H2,1-2H3. The molecule has 1 saturated heterocycles. The van der Waals surface area contributed by atoms with Crippen molar-refractivity contribution in [2.75, 3.05) is 26.2 Å². The Morgan fingerprint density at radius 3 is 3.11 bits per heavy atom. The van der Waals surface area contributed by atoms with Crippen molar-refractivity contribution in [3.8, 4) is 0 Å². The summed E-state index contributed by atoms with van der Waals surface area (Å²) in [5.41, 5.74) is 0. The molecule has 1 aromatic heterocycles. The number of hydrogen-bond donors (Lipinski definition) is 1. The second kappa shape index (κ2) is 7.03. The fourth-order valence-corrected chi connectivity index (χ4v) is 2.54. The zero-order valence-electron chi connectivity index (χ0n) is 12.0. The van der Waals surface area contributed by atoms with E-state index in [1.54, 1.807) is 6.20 Å². The van der Waals surface area contributed by atoms with Gasteiger partial charge in [0.2, 0.25) is 0 Å². The lowest BCUT2D eigenvalue weighted by atomic mass is 10.1.